The van der Waals surface area contributed by atoms with Crippen LogP contribution in [0.3, 0.4) is 0 Å². The largest absolute Gasteiger partial charge is 0.350 e. The number of rotatable bonds is 5. The maximum absolute atomic E-state index is 12.1. The van der Waals surface area contributed by atoms with Crippen molar-refractivity contribution >= 4 is 5.91 Å². The van der Waals surface area contributed by atoms with Crippen LogP contribution in [-0.4, -0.2) is 24.0 Å². The number of aromatic nitrogens is 1. The van der Waals surface area contributed by atoms with Crippen molar-refractivity contribution in [2.75, 3.05) is 13.1 Å². The Labute approximate surface area is 121 Å². The molecular formula is C16H25N3O. The quantitative estimate of drug-likeness (QED) is 0.867. The lowest BCUT2D eigenvalue weighted by Crippen LogP contribution is -2.36. The van der Waals surface area contributed by atoms with E-state index in [2.05, 4.69) is 22.5 Å². The van der Waals surface area contributed by atoms with Crippen LogP contribution in [0.15, 0.2) is 24.5 Å². The second-order valence-electron chi connectivity index (χ2n) is 5.86. The van der Waals surface area contributed by atoms with Gasteiger partial charge in [-0.15, -0.1) is 0 Å². The summed E-state index contributed by atoms with van der Waals surface area (Å²) in [6.07, 6.45) is 6.62. The molecule has 1 amide bonds. The number of nitrogens with one attached hydrogen (secondary N) is 2. The predicted octanol–water partition coefficient (Wildman–Crippen LogP) is 2.28. The summed E-state index contributed by atoms with van der Waals surface area (Å²) in [4.78, 5) is 16.2. The van der Waals surface area contributed by atoms with Crippen LogP contribution < -0.4 is 10.6 Å². The lowest BCUT2D eigenvalue weighted by atomic mass is 9.85. The molecule has 1 saturated heterocycles. The summed E-state index contributed by atoms with van der Waals surface area (Å²) in [7, 11) is 0. The van der Waals surface area contributed by atoms with Gasteiger partial charge in [-0.1, -0.05) is 13.0 Å². The zero-order chi connectivity index (χ0) is 14.4. The molecule has 0 spiro atoms. The van der Waals surface area contributed by atoms with Gasteiger partial charge < -0.3 is 10.6 Å². The van der Waals surface area contributed by atoms with Crippen LogP contribution in [0.5, 0.6) is 0 Å². The Morgan fingerprint density at radius 3 is 3.05 bits per heavy atom. The molecule has 2 N–H and O–H groups in total. The van der Waals surface area contributed by atoms with E-state index in [0.717, 1.165) is 18.7 Å². The van der Waals surface area contributed by atoms with E-state index in [1.54, 1.807) is 12.4 Å². The molecule has 4 nitrogen and oxygen atoms in total. The molecule has 1 aromatic rings. The van der Waals surface area contributed by atoms with Crippen molar-refractivity contribution in [2.45, 2.75) is 39.2 Å². The van der Waals surface area contributed by atoms with E-state index >= 15 is 0 Å². The predicted molar refractivity (Wildman–Crippen MR) is 80.2 cm³/mol. The van der Waals surface area contributed by atoms with Gasteiger partial charge in [-0.05, 0) is 56.3 Å². The molecule has 110 valence electrons. The average molecular weight is 275 g/mol. The molecule has 1 aromatic heterocycles. The van der Waals surface area contributed by atoms with Crippen LogP contribution in [0, 0.1) is 11.8 Å². The minimum absolute atomic E-state index is 0.0212. The van der Waals surface area contributed by atoms with Crippen LogP contribution in [-0.2, 0) is 4.79 Å². The monoisotopic (exact) mass is 275 g/mol. The van der Waals surface area contributed by atoms with Crippen molar-refractivity contribution in [1.82, 2.24) is 15.6 Å². The number of piperidine rings is 1. The fraction of sp³-hybridized carbons (Fsp3) is 0.625. The van der Waals surface area contributed by atoms with Gasteiger partial charge in [0, 0.05) is 18.8 Å². The summed E-state index contributed by atoms with van der Waals surface area (Å²) in [5.41, 5.74) is 1.05. The normalized spacial score (nSPS) is 22.0. The van der Waals surface area contributed by atoms with E-state index in [1.165, 1.54) is 12.8 Å². The first kappa shape index (κ1) is 15.0. The molecule has 0 bridgehead atoms. The highest BCUT2D eigenvalue weighted by molar-refractivity contribution is 5.76. The standard InChI is InChI=1S/C16H25N3O/c1-12(14-5-3-7-17-10-14)9-16(20)19-13(2)15-6-4-8-18-11-15/h4,6,8,11-14,17H,3,5,7,9-10H2,1-2H3,(H,19,20)/t12?,13-,14?/m0/s1. The van der Waals surface area contributed by atoms with E-state index in [0.29, 0.717) is 18.3 Å². The van der Waals surface area contributed by atoms with Gasteiger partial charge in [-0.2, -0.15) is 0 Å². The molecule has 2 heterocycles. The first-order valence-electron chi connectivity index (χ1n) is 7.57. The van der Waals surface area contributed by atoms with Gasteiger partial charge >= 0.3 is 0 Å². The number of amides is 1. The van der Waals surface area contributed by atoms with Crippen molar-refractivity contribution in [2.24, 2.45) is 11.8 Å². The molecule has 0 aromatic carbocycles. The third-order valence-corrected chi connectivity index (χ3v) is 4.21. The van der Waals surface area contributed by atoms with Crippen molar-refractivity contribution in [3.63, 3.8) is 0 Å². The van der Waals surface area contributed by atoms with Gasteiger partial charge in [0.2, 0.25) is 5.91 Å². The number of hydrogen-bond donors (Lipinski definition) is 2. The first-order valence-corrected chi connectivity index (χ1v) is 7.57. The Hall–Kier alpha value is -1.42. The molecule has 1 aliphatic rings. The third-order valence-electron chi connectivity index (χ3n) is 4.21. The second kappa shape index (κ2) is 7.39. The summed E-state index contributed by atoms with van der Waals surface area (Å²) < 4.78 is 0. The first-order chi connectivity index (χ1) is 9.66. The zero-order valence-electron chi connectivity index (χ0n) is 12.4. The summed E-state index contributed by atoms with van der Waals surface area (Å²) in [5, 5.41) is 6.48. The van der Waals surface area contributed by atoms with Crippen molar-refractivity contribution in [3.05, 3.63) is 30.1 Å². The highest BCUT2D eigenvalue weighted by Crippen LogP contribution is 2.22. The smallest absolute Gasteiger partial charge is 0.220 e. The second-order valence-corrected chi connectivity index (χ2v) is 5.86. The molecule has 0 aliphatic carbocycles. The Balaban J connectivity index is 1.79. The summed E-state index contributed by atoms with van der Waals surface area (Å²) >= 11 is 0. The average Bonchev–Trinajstić information content (AvgIpc) is 2.49. The molecule has 4 heteroatoms. The van der Waals surface area contributed by atoms with Crippen LogP contribution in [0.2, 0.25) is 0 Å². The Bertz CT molecular complexity index is 415. The molecule has 3 atom stereocenters. The van der Waals surface area contributed by atoms with Crippen molar-refractivity contribution < 1.29 is 4.79 Å². The van der Waals surface area contributed by atoms with Crippen LogP contribution in [0.25, 0.3) is 0 Å². The Morgan fingerprint density at radius 1 is 1.55 bits per heavy atom. The van der Waals surface area contributed by atoms with Crippen LogP contribution >= 0.6 is 0 Å². The van der Waals surface area contributed by atoms with E-state index < -0.39 is 0 Å². The van der Waals surface area contributed by atoms with E-state index in [9.17, 15) is 4.79 Å². The number of pyridine rings is 1. The fourth-order valence-electron chi connectivity index (χ4n) is 2.84. The van der Waals surface area contributed by atoms with Gasteiger partial charge in [0.25, 0.3) is 0 Å². The molecule has 1 aliphatic heterocycles. The van der Waals surface area contributed by atoms with E-state index in [1.807, 2.05) is 19.1 Å². The highest BCUT2D eigenvalue weighted by Gasteiger charge is 2.22. The molecule has 0 radical (unpaired) electrons. The summed E-state index contributed by atoms with van der Waals surface area (Å²) in [6, 6.07) is 3.91. The number of carbonyl (C=O) groups is 1. The van der Waals surface area contributed by atoms with Gasteiger partial charge in [-0.25, -0.2) is 0 Å². The topological polar surface area (TPSA) is 54.0 Å². The summed E-state index contributed by atoms with van der Waals surface area (Å²) in [6.45, 7) is 6.35. The number of carbonyl (C=O) groups excluding carboxylic acids is 1. The van der Waals surface area contributed by atoms with Gasteiger partial charge in [-0.3, -0.25) is 9.78 Å². The third kappa shape index (κ3) is 4.30. The zero-order valence-corrected chi connectivity index (χ0v) is 12.4. The molecular weight excluding hydrogens is 250 g/mol. The molecule has 2 rings (SSSR count). The molecule has 2 unspecified atom stereocenters. The SMILES string of the molecule is CC(CC(=O)N[C@@H](C)c1cccnc1)C1CCCNC1. The number of hydrogen-bond acceptors (Lipinski definition) is 3. The van der Waals surface area contributed by atoms with Gasteiger partial charge in [0.1, 0.15) is 0 Å². The molecule has 20 heavy (non-hydrogen) atoms. The molecule has 0 saturated carbocycles. The van der Waals surface area contributed by atoms with Gasteiger partial charge in [0.05, 0.1) is 6.04 Å². The molecule has 1 fully saturated rings. The van der Waals surface area contributed by atoms with E-state index in [4.69, 9.17) is 0 Å². The van der Waals surface area contributed by atoms with Crippen LogP contribution in [0.1, 0.15) is 44.7 Å². The van der Waals surface area contributed by atoms with Crippen LogP contribution in [0.4, 0.5) is 0 Å². The lowest BCUT2D eigenvalue weighted by Gasteiger charge is -2.28. The summed E-state index contributed by atoms with van der Waals surface area (Å²) in [5.74, 6) is 1.20. The van der Waals surface area contributed by atoms with Crippen molar-refractivity contribution in [1.29, 1.82) is 0 Å². The van der Waals surface area contributed by atoms with Gasteiger partial charge in [0.15, 0.2) is 0 Å². The highest BCUT2D eigenvalue weighted by atomic mass is 16.1. The fourth-order valence-corrected chi connectivity index (χ4v) is 2.84. The van der Waals surface area contributed by atoms with Crippen molar-refractivity contribution in [3.8, 4) is 0 Å². The Morgan fingerprint density at radius 2 is 2.40 bits per heavy atom. The number of nitrogens with zero attached hydrogens (tertiary/aromatic N) is 1. The lowest BCUT2D eigenvalue weighted by molar-refractivity contribution is -0.123. The minimum atomic E-state index is 0.0212. The maximum atomic E-state index is 12.1. The minimum Gasteiger partial charge on any atom is -0.350 e. The van der Waals surface area contributed by atoms with E-state index in [-0.39, 0.29) is 11.9 Å². The maximum Gasteiger partial charge on any atom is 0.220 e. The Kier molecular flexibility index (Phi) is 5.53.